The number of fused-ring (bicyclic) bond motifs is 2. The third kappa shape index (κ3) is 3.40. The lowest BCUT2D eigenvalue weighted by Gasteiger charge is -2.47. The number of pyridine rings is 1. The highest BCUT2D eigenvalue weighted by molar-refractivity contribution is 5.99. The Hall–Kier alpha value is -3.74. The Balaban J connectivity index is 1.37. The first-order valence-corrected chi connectivity index (χ1v) is 13.2. The highest BCUT2D eigenvalue weighted by Crippen LogP contribution is 2.47. The van der Waals surface area contributed by atoms with Crippen molar-refractivity contribution < 1.29 is 14.3 Å². The molecule has 3 fully saturated rings. The molecule has 2 spiro atoms. The molecule has 1 atom stereocenters. The average molecular weight is 511 g/mol. The van der Waals surface area contributed by atoms with Crippen molar-refractivity contribution in [1.82, 2.24) is 20.1 Å². The van der Waals surface area contributed by atoms with Crippen molar-refractivity contribution >= 4 is 22.6 Å². The van der Waals surface area contributed by atoms with E-state index in [-0.39, 0.29) is 16.9 Å². The second-order valence-electron chi connectivity index (χ2n) is 11.3. The number of carbonyl (C=O) groups is 1. The molecule has 4 aliphatic rings. The van der Waals surface area contributed by atoms with Gasteiger partial charge in [-0.15, -0.1) is 0 Å². The number of aromatic amines is 1. The number of nitriles is 1. The van der Waals surface area contributed by atoms with Crippen LogP contribution in [0.25, 0.3) is 22.0 Å². The van der Waals surface area contributed by atoms with Crippen molar-refractivity contribution in [3.63, 3.8) is 0 Å². The highest BCUT2D eigenvalue weighted by Gasteiger charge is 2.50. The van der Waals surface area contributed by atoms with Gasteiger partial charge in [-0.1, -0.05) is 12.6 Å². The second kappa shape index (κ2) is 8.38. The molecule has 9 nitrogen and oxygen atoms in total. The number of aryl methyl sites for hydroxylation is 1. The topological polar surface area (TPSA) is 107 Å². The van der Waals surface area contributed by atoms with Crippen LogP contribution in [0.5, 0.6) is 0 Å². The smallest absolute Gasteiger partial charge is 0.245 e. The second-order valence-corrected chi connectivity index (χ2v) is 11.3. The minimum Gasteiger partial charge on any atom is -0.378 e. The van der Waals surface area contributed by atoms with Gasteiger partial charge in [0, 0.05) is 67.6 Å². The molecule has 194 valence electrons. The molecule has 3 aromatic rings. The number of rotatable bonds is 3. The predicted octanol–water partition coefficient (Wildman–Crippen LogP) is 3.26. The van der Waals surface area contributed by atoms with Crippen molar-refractivity contribution in [3.05, 3.63) is 53.4 Å². The fourth-order valence-electron chi connectivity index (χ4n) is 6.87. The summed E-state index contributed by atoms with van der Waals surface area (Å²) in [5.41, 5.74) is 6.16. The fraction of sp³-hybridized carbons (Fsp3) is 0.448. The van der Waals surface area contributed by atoms with Gasteiger partial charge in [-0.25, -0.2) is 4.98 Å². The zero-order chi connectivity index (χ0) is 26.1. The van der Waals surface area contributed by atoms with Gasteiger partial charge < -0.3 is 19.3 Å². The average Bonchev–Trinajstić information content (AvgIpc) is 3.66. The molecule has 38 heavy (non-hydrogen) atoms. The zero-order valence-electron chi connectivity index (χ0n) is 21.5. The lowest BCUT2D eigenvalue weighted by Crippen LogP contribution is -2.59. The summed E-state index contributed by atoms with van der Waals surface area (Å²) in [6.45, 7) is 10.4. The SMILES string of the molecule is C=CC(=O)N1CC2(CCN(c3nc4c(c(-c5c(C)ccc6[nH]ncc56)c3C#N)CO[C@@]3(CCOC3)C4)C2)C1. The van der Waals surface area contributed by atoms with Crippen LogP contribution in [0.2, 0.25) is 0 Å². The van der Waals surface area contributed by atoms with E-state index in [1.807, 2.05) is 17.2 Å². The molecule has 3 saturated heterocycles. The molecule has 1 N–H and O–H groups in total. The van der Waals surface area contributed by atoms with E-state index in [0.717, 1.165) is 83.7 Å². The normalized spacial score (nSPS) is 23.6. The number of hydrogen-bond acceptors (Lipinski definition) is 7. The van der Waals surface area contributed by atoms with E-state index < -0.39 is 0 Å². The zero-order valence-corrected chi connectivity index (χ0v) is 21.5. The largest absolute Gasteiger partial charge is 0.378 e. The van der Waals surface area contributed by atoms with Crippen molar-refractivity contribution in [1.29, 1.82) is 5.26 Å². The predicted molar refractivity (Wildman–Crippen MR) is 141 cm³/mol. The van der Waals surface area contributed by atoms with Gasteiger partial charge in [-0.05, 0) is 36.6 Å². The Bertz CT molecular complexity index is 1520. The summed E-state index contributed by atoms with van der Waals surface area (Å²) in [7, 11) is 0. The molecule has 0 bridgehead atoms. The molecule has 6 heterocycles. The van der Waals surface area contributed by atoms with E-state index >= 15 is 0 Å². The Morgan fingerprint density at radius 2 is 2.13 bits per heavy atom. The van der Waals surface area contributed by atoms with Crippen molar-refractivity contribution in [2.24, 2.45) is 5.41 Å². The quantitative estimate of drug-likeness (QED) is 0.539. The summed E-state index contributed by atoms with van der Waals surface area (Å²) >= 11 is 0. The maximum Gasteiger partial charge on any atom is 0.245 e. The lowest BCUT2D eigenvalue weighted by molar-refractivity contribution is -0.136. The first kappa shape index (κ1) is 23.4. The standard InChI is InChI=1S/C29H30N6O3/c1-3-24(36)35-15-28(16-35)6-8-34(14-28)27-19(11-30)26(25-18(2)4-5-22-20(25)12-31-33-22)21-13-38-29(7-9-37-17-29)10-23(21)32-27/h3-5,12H,1,6-10,13-17H2,2H3,(H,31,33)/t29-/m0/s1. The molecule has 0 radical (unpaired) electrons. The number of ether oxygens (including phenoxy) is 2. The van der Waals surface area contributed by atoms with E-state index in [9.17, 15) is 10.1 Å². The van der Waals surface area contributed by atoms with E-state index in [0.29, 0.717) is 31.8 Å². The van der Waals surface area contributed by atoms with Crippen LogP contribution in [-0.4, -0.2) is 71.0 Å². The number of amides is 1. The van der Waals surface area contributed by atoms with Crippen molar-refractivity contribution in [2.75, 3.05) is 44.3 Å². The molecule has 0 unspecified atom stereocenters. The van der Waals surface area contributed by atoms with Gasteiger partial charge in [0.2, 0.25) is 5.91 Å². The number of aromatic nitrogens is 3. The maximum absolute atomic E-state index is 12.1. The molecule has 1 aromatic carbocycles. The molecule has 2 aromatic heterocycles. The number of carbonyl (C=O) groups excluding carboxylic acids is 1. The number of anilines is 1. The summed E-state index contributed by atoms with van der Waals surface area (Å²) in [6.07, 6.45) is 5.69. The molecule has 7 rings (SSSR count). The molecule has 0 aliphatic carbocycles. The summed E-state index contributed by atoms with van der Waals surface area (Å²) < 4.78 is 12.2. The van der Waals surface area contributed by atoms with Crippen LogP contribution in [0.4, 0.5) is 5.82 Å². The number of benzene rings is 1. The van der Waals surface area contributed by atoms with Gasteiger partial charge in [0.05, 0.1) is 36.2 Å². The number of likely N-dealkylation sites (tertiary alicyclic amines) is 1. The molecule has 9 heteroatoms. The van der Waals surface area contributed by atoms with Crippen LogP contribution in [0.15, 0.2) is 31.0 Å². The van der Waals surface area contributed by atoms with Crippen molar-refractivity contribution in [3.8, 4) is 17.2 Å². The van der Waals surface area contributed by atoms with Gasteiger partial charge in [-0.3, -0.25) is 9.89 Å². The maximum atomic E-state index is 12.1. The molecule has 4 aliphatic heterocycles. The molecule has 0 saturated carbocycles. The Labute approximate surface area is 221 Å². The third-order valence-electron chi connectivity index (χ3n) is 8.92. The fourth-order valence-corrected chi connectivity index (χ4v) is 6.87. The Kier molecular flexibility index (Phi) is 5.16. The molecular formula is C29H30N6O3. The third-order valence-corrected chi connectivity index (χ3v) is 8.92. The summed E-state index contributed by atoms with van der Waals surface area (Å²) in [4.78, 5) is 21.4. The summed E-state index contributed by atoms with van der Waals surface area (Å²) in [5.74, 6) is 0.719. The first-order chi connectivity index (χ1) is 18.4. The number of nitrogens with one attached hydrogen (secondary N) is 1. The van der Waals surface area contributed by atoms with Crippen LogP contribution < -0.4 is 4.90 Å². The summed E-state index contributed by atoms with van der Waals surface area (Å²) in [6, 6.07) is 6.64. The van der Waals surface area contributed by atoms with Crippen LogP contribution in [-0.2, 0) is 27.3 Å². The van der Waals surface area contributed by atoms with Crippen LogP contribution in [0.3, 0.4) is 0 Å². The van der Waals surface area contributed by atoms with E-state index in [2.05, 4.69) is 40.7 Å². The molecular weight excluding hydrogens is 480 g/mol. The summed E-state index contributed by atoms with van der Waals surface area (Å²) in [5, 5.41) is 19.0. The van der Waals surface area contributed by atoms with E-state index in [1.54, 1.807) is 0 Å². The van der Waals surface area contributed by atoms with E-state index in [1.165, 1.54) is 6.08 Å². The Morgan fingerprint density at radius 3 is 2.89 bits per heavy atom. The minimum absolute atomic E-state index is 0.0197. The van der Waals surface area contributed by atoms with Crippen LogP contribution in [0, 0.1) is 23.7 Å². The van der Waals surface area contributed by atoms with E-state index in [4.69, 9.17) is 14.5 Å². The Morgan fingerprint density at radius 1 is 1.26 bits per heavy atom. The first-order valence-electron chi connectivity index (χ1n) is 13.2. The monoisotopic (exact) mass is 510 g/mol. The van der Waals surface area contributed by atoms with Crippen molar-refractivity contribution in [2.45, 2.75) is 38.4 Å². The number of H-pyrrole nitrogens is 1. The minimum atomic E-state index is -0.356. The van der Waals surface area contributed by atoms with Gasteiger partial charge in [0.1, 0.15) is 17.5 Å². The van der Waals surface area contributed by atoms with Gasteiger partial charge in [-0.2, -0.15) is 10.4 Å². The van der Waals surface area contributed by atoms with Gasteiger partial charge >= 0.3 is 0 Å². The van der Waals surface area contributed by atoms with Crippen LogP contribution in [0.1, 0.15) is 35.2 Å². The van der Waals surface area contributed by atoms with Gasteiger partial charge in [0.15, 0.2) is 0 Å². The number of nitrogens with zero attached hydrogens (tertiary/aromatic N) is 5. The van der Waals surface area contributed by atoms with Gasteiger partial charge in [0.25, 0.3) is 0 Å². The highest BCUT2D eigenvalue weighted by atomic mass is 16.6. The number of hydrogen-bond donors (Lipinski definition) is 1. The molecule has 1 amide bonds. The lowest BCUT2D eigenvalue weighted by atomic mass is 9.79. The van der Waals surface area contributed by atoms with Crippen LogP contribution >= 0.6 is 0 Å².